The van der Waals surface area contributed by atoms with Crippen molar-refractivity contribution in [2.45, 2.75) is 32.4 Å². The highest BCUT2D eigenvalue weighted by Gasteiger charge is 2.17. The van der Waals surface area contributed by atoms with E-state index in [9.17, 15) is 4.79 Å². The van der Waals surface area contributed by atoms with Crippen LogP contribution in [-0.4, -0.2) is 19.5 Å². The van der Waals surface area contributed by atoms with Crippen LogP contribution in [0.4, 0.5) is 0 Å². The molecule has 0 radical (unpaired) electrons. The number of hydrogen-bond donors (Lipinski definition) is 0. The Labute approximate surface area is 89.9 Å². The molecule has 2 nitrogen and oxygen atoms in total. The third-order valence-corrected chi connectivity index (χ3v) is 3.47. The molecule has 0 bridgehead atoms. The summed E-state index contributed by atoms with van der Waals surface area (Å²) in [5.41, 5.74) is 0.404. The van der Waals surface area contributed by atoms with Crippen molar-refractivity contribution in [1.82, 2.24) is 0 Å². The number of carbonyl (C=O) groups excluding carboxylic acids is 1. The highest BCUT2D eigenvalue weighted by Crippen LogP contribution is 2.14. The second kappa shape index (κ2) is 6.46. The molecule has 0 aromatic carbocycles. The molecule has 0 N–H and O–H groups in total. The molecule has 5 heteroatoms. The molecular weight excluding hydrogens is 227 g/mol. The van der Waals surface area contributed by atoms with Crippen molar-refractivity contribution < 1.29 is 9.53 Å². The third-order valence-electron chi connectivity index (χ3n) is 1.52. The van der Waals surface area contributed by atoms with Gasteiger partial charge in [0.25, 0.3) is 0 Å². The highest BCUT2D eigenvalue weighted by molar-refractivity contribution is 7.33. The average molecular weight is 241 g/mol. The Kier molecular flexibility index (Phi) is 6.46. The maximum atomic E-state index is 11.1. The lowest BCUT2D eigenvalue weighted by Gasteiger charge is -2.15. The molecule has 0 aromatic rings. The van der Waals surface area contributed by atoms with Crippen molar-refractivity contribution >= 4 is 35.5 Å². The summed E-state index contributed by atoms with van der Waals surface area (Å²) >= 11 is 11.4. The van der Waals surface area contributed by atoms with E-state index < -0.39 is 7.42 Å². The molecule has 0 saturated carbocycles. The minimum atomic E-state index is -1.70. The molecule has 0 spiro atoms. The smallest absolute Gasteiger partial charge is 0.333 e. The maximum absolute atomic E-state index is 11.1. The van der Waals surface area contributed by atoms with Crippen LogP contribution in [-0.2, 0) is 9.53 Å². The van der Waals surface area contributed by atoms with Gasteiger partial charge in [-0.2, -0.15) is 22.2 Å². The van der Waals surface area contributed by atoms with E-state index in [-0.39, 0.29) is 12.1 Å². The second-order valence-corrected chi connectivity index (χ2v) is 7.93. The Morgan fingerprint density at radius 2 is 2.15 bits per heavy atom. The summed E-state index contributed by atoms with van der Waals surface area (Å²) in [4.78, 5) is 11.1. The quantitative estimate of drug-likeness (QED) is 0.320. The average Bonchev–Trinajstić information content (AvgIpc) is 2.02. The van der Waals surface area contributed by atoms with Crippen molar-refractivity contribution in [2.24, 2.45) is 0 Å². The van der Waals surface area contributed by atoms with Gasteiger partial charge in [-0.25, -0.2) is 4.79 Å². The molecule has 0 fully saturated rings. The predicted molar refractivity (Wildman–Crippen MR) is 58.6 cm³/mol. The van der Waals surface area contributed by atoms with E-state index in [1.807, 2.05) is 6.92 Å². The van der Waals surface area contributed by atoms with Crippen LogP contribution >= 0.6 is 22.2 Å². The van der Waals surface area contributed by atoms with E-state index >= 15 is 0 Å². The Hall–Kier alpha value is 0.00688. The fourth-order valence-corrected chi connectivity index (χ4v) is 2.77. The summed E-state index contributed by atoms with van der Waals surface area (Å²) in [5, 5.41) is 0. The van der Waals surface area contributed by atoms with Gasteiger partial charge in [0.05, 0.1) is 0 Å². The molecule has 0 amide bonds. The number of hydrogen-bond acceptors (Lipinski definition) is 2. The van der Waals surface area contributed by atoms with Crippen LogP contribution in [0.3, 0.4) is 0 Å². The van der Waals surface area contributed by atoms with Crippen molar-refractivity contribution in [3.63, 3.8) is 0 Å². The maximum Gasteiger partial charge on any atom is 0.333 e. The lowest BCUT2D eigenvalue weighted by Crippen LogP contribution is -2.20. The molecule has 0 aliphatic rings. The molecule has 0 aliphatic heterocycles. The number of esters is 1. The van der Waals surface area contributed by atoms with Gasteiger partial charge in [0.2, 0.25) is 7.42 Å². The minimum absolute atomic E-state index is 0.157. The zero-order valence-electron chi connectivity index (χ0n) is 7.85. The van der Waals surface area contributed by atoms with Gasteiger partial charge < -0.3 is 4.74 Å². The van der Waals surface area contributed by atoms with Gasteiger partial charge in [-0.05, 0) is 13.3 Å². The minimum Gasteiger partial charge on any atom is -0.459 e. The number of halogens is 2. The van der Waals surface area contributed by atoms with Crippen molar-refractivity contribution in [2.75, 3.05) is 0 Å². The Balaban J connectivity index is 3.97. The first-order chi connectivity index (χ1) is 5.97. The predicted octanol–water partition coefficient (Wildman–Crippen LogP) is 2.58. The molecular formula is C8H14Cl2O2Si. The van der Waals surface area contributed by atoms with Gasteiger partial charge >= 0.3 is 5.97 Å². The van der Waals surface area contributed by atoms with Crippen molar-refractivity contribution in [3.05, 3.63) is 12.2 Å². The first-order valence-electron chi connectivity index (χ1n) is 4.12. The fourth-order valence-electron chi connectivity index (χ4n) is 0.749. The van der Waals surface area contributed by atoms with Crippen molar-refractivity contribution in [3.8, 4) is 0 Å². The molecule has 0 aromatic heterocycles. The molecule has 1 unspecified atom stereocenters. The van der Waals surface area contributed by atoms with Crippen LogP contribution < -0.4 is 0 Å². The van der Waals surface area contributed by atoms with Crippen molar-refractivity contribution in [1.29, 1.82) is 0 Å². The van der Waals surface area contributed by atoms with E-state index in [2.05, 4.69) is 6.58 Å². The number of carbonyl (C=O) groups is 1. The third kappa shape index (κ3) is 6.13. The summed E-state index contributed by atoms with van der Waals surface area (Å²) in [6, 6.07) is 0.596. The summed E-state index contributed by atoms with van der Waals surface area (Å²) in [6.07, 6.45) is 0.581. The summed E-state index contributed by atoms with van der Waals surface area (Å²) < 4.78 is 5.10. The molecule has 0 rings (SSSR count). The monoisotopic (exact) mass is 240 g/mol. The van der Waals surface area contributed by atoms with Crippen LogP contribution in [0, 0.1) is 0 Å². The second-order valence-electron chi connectivity index (χ2n) is 2.84. The van der Waals surface area contributed by atoms with E-state index in [0.717, 1.165) is 6.42 Å². The standard InChI is InChI=1S/C8H14Cl2O2Si/c1-4-7(5-13(9)10)12-8(11)6(2)3/h7,13H,2,4-5H2,1,3H3. The van der Waals surface area contributed by atoms with Crippen LogP contribution in [0.25, 0.3) is 0 Å². The Bertz CT molecular complexity index is 195. The van der Waals surface area contributed by atoms with Crippen LogP contribution in [0.2, 0.25) is 6.04 Å². The Morgan fingerprint density at radius 3 is 2.46 bits per heavy atom. The van der Waals surface area contributed by atoms with E-state index in [1.54, 1.807) is 6.92 Å². The lowest BCUT2D eigenvalue weighted by molar-refractivity contribution is -0.143. The van der Waals surface area contributed by atoms with Gasteiger partial charge in [0.1, 0.15) is 6.10 Å². The molecule has 1 atom stereocenters. The van der Waals surface area contributed by atoms with Gasteiger partial charge in [-0.3, -0.25) is 0 Å². The van der Waals surface area contributed by atoms with E-state index in [1.165, 1.54) is 0 Å². The largest absolute Gasteiger partial charge is 0.459 e. The molecule has 76 valence electrons. The molecule has 0 aliphatic carbocycles. The van der Waals surface area contributed by atoms with E-state index in [4.69, 9.17) is 26.9 Å². The zero-order valence-corrected chi connectivity index (χ0v) is 10.5. The SMILES string of the molecule is C=C(C)C(=O)OC(CC)C[SiH](Cl)Cl. The summed E-state index contributed by atoms with van der Waals surface area (Å²) in [6.45, 7) is 7.04. The van der Waals surface area contributed by atoms with Crippen LogP contribution in [0.15, 0.2) is 12.2 Å². The first kappa shape index (κ1) is 13.0. The topological polar surface area (TPSA) is 26.3 Å². The summed E-state index contributed by atoms with van der Waals surface area (Å²) in [7, 11) is -1.70. The normalized spacial score (nSPS) is 12.7. The van der Waals surface area contributed by atoms with Gasteiger partial charge in [0, 0.05) is 11.6 Å². The van der Waals surface area contributed by atoms with Gasteiger partial charge in [-0.15, -0.1) is 0 Å². The fraction of sp³-hybridized carbons (Fsp3) is 0.625. The van der Waals surface area contributed by atoms with Gasteiger partial charge in [-0.1, -0.05) is 13.5 Å². The van der Waals surface area contributed by atoms with Crippen LogP contribution in [0.1, 0.15) is 20.3 Å². The van der Waals surface area contributed by atoms with Crippen LogP contribution in [0.5, 0.6) is 0 Å². The summed E-state index contributed by atoms with van der Waals surface area (Å²) in [5.74, 6) is -0.366. The molecule has 13 heavy (non-hydrogen) atoms. The number of ether oxygens (including phenoxy) is 1. The zero-order chi connectivity index (χ0) is 10.4. The van der Waals surface area contributed by atoms with E-state index in [0.29, 0.717) is 11.6 Å². The molecule has 0 saturated heterocycles. The lowest BCUT2D eigenvalue weighted by atomic mass is 10.3. The van der Waals surface area contributed by atoms with Gasteiger partial charge in [0.15, 0.2) is 0 Å². The Morgan fingerprint density at radius 1 is 1.62 bits per heavy atom. The number of rotatable bonds is 5. The first-order valence-corrected chi connectivity index (χ1v) is 8.42. The molecule has 0 heterocycles. The highest BCUT2D eigenvalue weighted by atomic mass is 35.7.